The lowest BCUT2D eigenvalue weighted by Crippen LogP contribution is -2.33. The van der Waals surface area contributed by atoms with Gasteiger partial charge < -0.3 is 0 Å². The Morgan fingerprint density at radius 3 is 2.63 bits per heavy atom. The normalized spacial score (nSPS) is 10.5. The summed E-state index contributed by atoms with van der Waals surface area (Å²) in [5.74, 6) is 0.976. The summed E-state index contributed by atoms with van der Waals surface area (Å²) < 4.78 is 0. The summed E-state index contributed by atoms with van der Waals surface area (Å²) in [6.07, 6.45) is 8.94. The SMILES string of the molecule is CCCCc1cncnc1N(CCC)C(=O)CCC. The molecule has 0 radical (unpaired) electrons. The zero-order chi connectivity index (χ0) is 14.1. The highest BCUT2D eigenvalue weighted by Gasteiger charge is 2.18. The summed E-state index contributed by atoms with van der Waals surface area (Å²) >= 11 is 0. The third kappa shape index (κ3) is 4.62. The molecule has 1 aromatic heterocycles. The second-order valence-corrected chi connectivity index (χ2v) is 4.77. The molecule has 0 aromatic carbocycles. The van der Waals surface area contributed by atoms with Gasteiger partial charge >= 0.3 is 0 Å². The van der Waals surface area contributed by atoms with Crippen molar-refractivity contribution in [1.82, 2.24) is 9.97 Å². The molecule has 1 amide bonds. The average molecular weight is 263 g/mol. The van der Waals surface area contributed by atoms with Crippen LogP contribution in [0, 0.1) is 0 Å². The first-order chi connectivity index (χ1) is 9.24. The van der Waals surface area contributed by atoms with Crippen molar-refractivity contribution in [3.63, 3.8) is 0 Å². The van der Waals surface area contributed by atoms with Gasteiger partial charge in [-0.05, 0) is 25.7 Å². The molecular weight excluding hydrogens is 238 g/mol. The van der Waals surface area contributed by atoms with Gasteiger partial charge in [-0.2, -0.15) is 0 Å². The van der Waals surface area contributed by atoms with Crippen LogP contribution in [0.5, 0.6) is 0 Å². The number of nitrogens with zero attached hydrogens (tertiary/aromatic N) is 3. The quantitative estimate of drug-likeness (QED) is 0.722. The topological polar surface area (TPSA) is 46.1 Å². The van der Waals surface area contributed by atoms with Crippen LogP contribution in [0.15, 0.2) is 12.5 Å². The van der Waals surface area contributed by atoms with Gasteiger partial charge in [-0.15, -0.1) is 0 Å². The molecule has 0 aliphatic rings. The molecule has 0 aliphatic carbocycles. The Balaban J connectivity index is 2.97. The number of aromatic nitrogens is 2. The minimum Gasteiger partial charge on any atom is -0.297 e. The Morgan fingerprint density at radius 2 is 2.00 bits per heavy atom. The van der Waals surface area contributed by atoms with Crippen LogP contribution in [0.2, 0.25) is 0 Å². The summed E-state index contributed by atoms with van der Waals surface area (Å²) in [4.78, 5) is 22.5. The van der Waals surface area contributed by atoms with Crippen molar-refractivity contribution in [2.45, 2.75) is 59.3 Å². The fourth-order valence-electron chi connectivity index (χ4n) is 2.06. The Hall–Kier alpha value is -1.45. The fourth-order valence-corrected chi connectivity index (χ4v) is 2.06. The summed E-state index contributed by atoms with van der Waals surface area (Å²) in [6.45, 7) is 7.00. The second-order valence-electron chi connectivity index (χ2n) is 4.77. The second kappa shape index (κ2) is 8.62. The molecule has 0 bridgehead atoms. The van der Waals surface area contributed by atoms with Crippen molar-refractivity contribution in [2.24, 2.45) is 0 Å². The monoisotopic (exact) mass is 263 g/mol. The number of unbranched alkanes of at least 4 members (excludes halogenated alkanes) is 1. The van der Waals surface area contributed by atoms with Crippen molar-refractivity contribution in [3.05, 3.63) is 18.1 Å². The first-order valence-corrected chi connectivity index (χ1v) is 7.33. The molecule has 0 fully saturated rings. The van der Waals surface area contributed by atoms with Gasteiger partial charge in [-0.3, -0.25) is 9.69 Å². The Morgan fingerprint density at radius 1 is 1.21 bits per heavy atom. The van der Waals surface area contributed by atoms with Crippen molar-refractivity contribution >= 4 is 11.7 Å². The van der Waals surface area contributed by atoms with Crippen LogP contribution in [-0.2, 0) is 11.2 Å². The van der Waals surface area contributed by atoms with E-state index in [0.29, 0.717) is 6.42 Å². The number of amides is 1. The molecule has 0 saturated heterocycles. The Kier molecular flexibility index (Phi) is 7.08. The van der Waals surface area contributed by atoms with E-state index in [1.54, 1.807) is 0 Å². The number of anilines is 1. The zero-order valence-corrected chi connectivity index (χ0v) is 12.4. The Labute approximate surface area is 116 Å². The molecule has 0 saturated carbocycles. The van der Waals surface area contributed by atoms with Gasteiger partial charge in [0.1, 0.15) is 12.1 Å². The smallest absolute Gasteiger partial charge is 0.228 e. The van der Waals surface area contributed by atoms with E-state index < -0.39 is 0 Å². The van der Waals surface area contributed by atoms with E-state index in [0.717, 1.165) is 50.0 Å². The standard InChI is InChI=1S/C15H25N3O/c1-4-7-9-13-11-16-12-17-15(13)18(10-6-3)14(19)8-5-2/h11-12H,4-10H2,1-3H3. The molecule has 1 aromatic rings. The van der Waals surface area contributed by atoms with E-state index in [1.165, 1.54) is 6.33 Å². The van der Waals surface area contributed by atoms with Crippen LogP contribution in [0.3, 0.4) is 0 Å². The summed E-state index contributed by atoms with van der Waals surface area (Å²) in [7, 11) is 0. The Bertz CT molecular complexity index is 393. The number of hydrogen-bond acceptors (Lipinski definition) is 3. The van der Waals surface area contributed by atoms with Gasteiger partial charge in [0.25, 0.3) is 0 Å². The molecule has 4 nitrogen and oxygen atoms in total. The highest BCUT2D eigenvalue weighted by Crippen LogP contribution is 2.20. The van der Waals surface area contributed by atoms with Crippen LogP contribution in [0.25, 0.3) is 0 Å². The maximum atomic E-state index is 12.2. The molecule has 0 aliphatic heterocycles. The molecule has 106 valence electrons. The van der Waals surface area contributed by atoms with Crippen LogP contribution < -0.4 is 4.90 Å². The van der Waals surface area contributed by atoms with Crippen molar-refractivity contribution in [2.75, 3.05) is 11.4 Å². The molecule has 0 atom stereocenters. The van der Waals surface area contributed by atoms with Gasteiger partial charge in [0.15, 0.2) is 0 Å². The molecule has 1 heterocycles. The van der Waals surface area contributed by atoms with E-state index >= 15 is 0 Å². The van der Waals surface area contributed by atoms with Gasteiger partial charge in [-0.25, -0.2) is 9.97 Å². The number of aryl methyl sites for hydroxylation is 1. The molecular formula is C15H25N3O. The van der Waals surface area contributed by atoms with Crippen LogP contribution >= 0.6 is 0 Å². The van der Waals surface area contributed by atoms with E-state index in [4.69, 9.17) is 0 Å². The van der Waals surface area contributed by atoms with Gasteiger partial charge in [0, 0.05) is 24.7 Å². The van der Waals surface area contributed by atoms with E-state index in [2.05, 4.69) is 23.8 Å². The predicted molar refractivity (Wildman–Crippen MR) is 78.2 cm³/mol. The first-order valence-electron chi connectivity index (χ1n) is 7.33. The fraction of sp³-hybridized carbons (Fsp3) is 0.667. The zero-order valence-electron chi connectivity index (χ0n) is 12.4. The third-order valence-corrected chi connectivity index (χ3v) is 3.03. The number of rotatable bonds is 8. The maximum absolute atomic E-state index is 12.2. The average Bonchev–Trinajstić information content (AvgIpc) is 2.43. The predicted octanol–water partition coefficient (Wildman–Crippen LogP) is 3.36. The molecule has 0 unspecified atom stereocenters. The van der Waals surface area contributed by atoms with Gasteiger partial charge in [0.05, 0.1) is 0 Å². The number of carbonyl (C=O) groups excluding carboxylic acids is 1. The summed E-state index contributed by atoms with van der Waals surface area (Å²) in [5.41, 5.74) is 1.09. The summed E-state index contributed by atoms with van der Waals surface area (Å²) in [5, 5.41) is 0. The van der Waals surface area contributed by atoms with Crippen LogP contribution in [0.4, 0.5) is 5.82 Å². The number of carbonyl (C=O) groups is 1. The first kappa shape index (κ1) is 15.6. The van der Waals surface area contributed by atoms with Crippen molar-refractivity contribution in [3.8, 4) is 0 Å². The minimum atomic E-state index is 0.167. The third-order valence-electron chi connectivity index (χ3n) is 3.03. The lowest BCUT2D eigenvalue weighted by atomic mass is 10.1. The highest BCUT2D eigenvalue weighted by molar-refractivity contribution is 5.92. The summed E-state index contributed by atoms with van der Waals surface area (Å²) in [6, 6.07) is 0. The molecule has 0 spiro atoms. The largest absolute Gasteiger partial charge is 0.297 e. The maximum Gasteiger partial charge on any atom is 0.228 e. The van der Waals surface area contributed by atoms with Crippen LogP contribution in [0.1, 0.15) is 58.4 Å². The lowest BCUT2D eigenvalue weighted by molar-refractivity contribution is -0.118. The highest BCUT2D eigenvalue weighted by atomic mass is 16.2. The van der Waals surface area contributed by atoms with E-state index in [1.807, 2.05) is 18.0 Å². The van der Waals surface area contributed by atoms with E-state index in [9.17, 15) is 4.79 Å². The lowest BCUT2D eigenvalue weighted by Gasteiger charge is -2.23. The van der Waals surface area contributed by atoms with E-state index in [-0.39, 0.29) is 5.91 Å². The van der Waals surface area contributed by atoms with Gasteiger partial charge in [-0.1, -0.05) is 27.2 Å². The van der Waals surface area contributed by atoms with Crippen molar-refractivity contribution < 1.29 is 4.79 Å². The molecule has 1 rings (SSSR count). The molecule has 0 N–H and O–H groups in total. The molecule has 19 heavy (non-hydrogen) atoms. The molecule has 4 heteroatoms. The van der Waals surface area contributed by atoms with Crippen molar-refractivity contribution in [1.29, 1.82) is 0 Å². The number of hydrogen-bond donors (Lipinski definition) is 0. The van der Waals surface area contributed by atoms with Gasteiger partial charge in [0.2, 0.25) is 5.91 Å². The minimum absolute atomic E-state index is 0.167. The van der Waals surface area contributed by atoms with Crippen LogP contribution in [-0.4, -0.2) is 22.4 Å².